The van der Waals surface area contributed by atoms with Gasteiger partial charge in [-0.25, -0.2) is 9.48 Å². The van der Waals surface area contributed by atoms with Crippen molar-refractivity contribution in [2.45, 2.75) is 44.2 Å². The molecule has 0 spiro atoms. The molecule has 2 atom stereocenters. The van der Waals surface area contributed by atoms with Crippen LogP contribution in [-0.2, 0) is 0 Å². The number of benzene rings is 1. The minimum Gasteiger partial charge on any atom is -0.478 e. The molecule has 1 aromatic heterocycles. The van der Waals surface area contributed by atoms with Crippen LogP contribution in [-0.4, -0.2) is 37.3 Å². The molecule has 6 nitrogen and oxygen atoms in total. The minimum absolute atomic E-state index is 0.119. The van der Waals surface area contributed by atoms with Gasteiger partial charge in [-0.1, -0.05) is 24.5 Å². The lowest BCUT2D eigenvalue weighted by Crippen LogP contribution is -2.24. The van der Waals surface area contributed by atoms with Crippen molar-refractivity contribution >= 4 is 17.0 Å². The first-order chi connectivity index (χ1) is 9.66. The van der Waals surface area contributed by atoms with Gasteiger partial charge in [0.2, 0.25) is 0 Å². The molecule has 3 rings (SSSR count). The van der Waals surface area contributed by atoms with Gasteiger partial charge in [0.1, 0.15) is 5.52 Å². The molecule has 0 saturated heterocycles. The molecule has 1 aliphatic rings. The monoisotopic (exact) mass is 275 g/mol. The zero-order valence-electron chi connectivity index (χ0n) is 11.1. The molecule has 2 unspecified atom stereocenters. The molecule has 1 heterocycles. The van der Waals surface area contributed by atoms with Crippen LogP contribution in [0.3, 0.4) is 0 Å². The first-order valence-electron chi connectivity index (χ1n) is 6.93. The smallest absolute Gasteiger partial charge is 0.335 e. The third-order valence-corrected chi connectivity index (χ3v) is 3.98. The molecule has 1 aliphatic carbocycles. The lowest BCUT2D eigenvalue weighted by atomic mass is 10.1. The van der Waals surface area contributed by atoms with Crippen molar-refractivity contribution in [3.63, 3.8) is 0 Å². The van der Waals surface area contributed by atoms with Crippen LogP contribution in [0.25, 0.3) is 11.0 Å². The van der Waals surface area contributed by atoms with Crippen molar-refractivity contribution in [3.8, 4) is 0 Å². The molecule has 0 bridgehead atoms. The molecule has 0 aliphatic heterocycles. The van der Waals surface area contributed by atoms with Crippen LogP contribution >= 0.6 is 0 Å². The van der Waals surface area contributed by atoms with Crippen LogP contribution in [0.1, 0.15) is 48.5 Å². The van der Waals surface area contributed by atoms with Crippen molar-refractivity contribution in [1.82, 2.24) is 15.0 Å². The second-order valence-corrected chi connectivity index (χ2v) is 5.32. The number of aromatic nitrogens is 3. The summed E-state index contributed by atoms with van der Waals surface area (Å²) >= 11 is 0. The van der Waals surface area contributed by atoms with Crippen LogP contribution in [0.15, 0.2) is 18.2 Å². The van der Waals surface area contributed by atoms with E-state index in [1.807, 2.05) is 0 Å². The molecule has 1 saturated carbocycles. The first-order valence-corrected chi connectivity index (χ1v) is 6.93. The Morgan fingerprint density at radius 3 is 2.85 bits per heavy atom. The number of nitrogens with zero attached hydrogens (tertiary/aromatic N) is 3. The average molecular weight is 275 g/mol. The fourth-order valence-corrected chi connectivity index (χ4v) is 2.87. The number of aliphatic hydroxyl groups is 1. The molecular formula is C14H17N3O3. The molecular weight excluding hydrogens is 258 g/mol. The number of aromatic carboxylic acids is 1. The third-order valence-electron chi connectivity index (χ3n) is 3.98. The number of carboxylic acid groups (broad SMARTS) is 1. The Hall–Kier alpha value is -1.95. The van der Waals surface area contributed by atoms with Gasteiger partial charge in [0.05, 0.1) is 23.2 Å². The Kier molecular flexibility index (Phi) is 3.40. The summed E-state index contributed by atoms with van der Waals surface area (Å²) in [4.78, 5) is 11.1. The Morgan fingerprint density at radius 2 is 2.05 bits per heavy atom. The number of rotatable bonds is 2. The van der Waals surface area contributed by atoms with E-state index < -0.39 is 12.1 Å². The second-order valence-electron chi connectivity index (χ2n) is 5.32. The van der Waals surface area contributed by atoms with Crippen molar-refractivity contribution in [2.24, 2.45) is 0 Å². The van der Waals surface area contributed by atoms with Crippen LogP contribution in [0.5, 0.6) is 0 Å². The first kappa shape index (κ1) is 13.1. The van der Waals surface area contributed by atoms with Crippen molar-refractivity contribution < 1.29 is 15.0 Å². The maximum absolute atomic E-state index is 11.1. The second kappa shape index (κ2) is 5.20. The van der Waals surface area contributed by atoms with Crippen molar-refractivity contribution in [3.05, 3.63) is 23.8 Å². The van der Waals surface area contributed by atoms with E-state index in [9.17, 15) is 9.90 Å². The number of carboxylic acids is 1. The summed E-state index contributed by atoms with van der Waals surface area (Å²) in [5.41, 5.74) is 1.55. The average Bonchev–Trinajstić information content (AvgIpc) is 2.73. The van der Waals surface area contributed by atoms with Gasteiger partial charge in [0.15, 0.2) is 0 Å². The zero-order chi connectivity index (χ0) is 14.1. The summed E-state index contributed by atoms with van der Waals surface area (Å²) < 4.78 is 1.69. The molecule has 2 aromatic rings. The summed E-state index contributed by atoms with van der Waals surface area (Å²) in [7, 11) is 0. The van der Waals surface area contributed by atoms with E-state index in [0.29, 0.717) is 11.0 Å². The van der Waals surface area contributed by atoms with Gasteiger partial charge in [-0.2, -0.15) is 0 Å². The van der Waals surface area contributed by atoms with Gasteiger partial charge in [-0.15, -0.1) is 5.10 Å². The highest BCUT2D eigenvalue weighted by Gasteiger charge is 2.25. The van der Waals surface area contributed by atoms with E-state index in [0.717, 1.165) is 32.1 Å². The lowest BCUT2D eigenvalue weighted by molar-refractivity contribution is 0.0697. The molecule has 2 N–H and O–H groups in total. The largest absolute Gasteiger partial charge is 0.478 e. The summed E-state index contributed by atoms with van der Waals surface area (Å²) in [5, 5.41) is 27.5. The number of carbonyl (C=O) groups is 1. The van der Waals surface area contributed by atoms with E-state index >= 15 is 0 Å². The molecule has 106 valence electrons. The van der Waals surface area contributed by atoms with Crippen LogP contribution in [0.2, 0.25) is 0 Å². The zero-order valence-corrected chi connectivity index (χ0v) is 11.1. The Morgan fingerprint density at radius 1 is 1.25 bits per heavy atom. The predicted octanol–water partition coefficient (Wildman–Crippen LogP) is 2.00. The number of hydrogen-bond acceptors (Lipinski definition) is 4. The lowest BCUT2D eigenvalue weighted by Gasteiger charge is -2.20. The van der Waals surface area contributed by atoms with Crippen LogP contribution in [0.4, 0.5) is 0 Å². The molecule has 0 radical (unpaired) electrons. The van der Waals surface area contributed by atoms with Gasteiger partial charge in [-0.3, -0.25) is 0 Å². The van der Waals surface area contributed by atoms with Gasteiger partial charge in [0, 0.05) is 0 Å². The Balaban J connectivity index is 2.05. The molecule has 0 amide bonds. The highest BCUT2D eigenvalue weighted by Crippen LogP contribution is 2.29. The summed E-state index contributed by atoms with van der Waals surface area (Å²) in [6.07, 6.45) is 4.32. The van der Waals surface area contributed by atoms with E-state index in [-0.39, 0.29) is 11.6 Å². The minimum atomic E-state index is -0.971. The Labute approximate surface area is 116 Å². The maximum Gasteiger partial charge on any atom is 0.335 e. The number of hydrogen-bond donors (Lipinski definition) is 2. The van der Waals surface area contributed by atoms with Gasteiger partial charge in [0.25, 0.3) is 0 Å². The third kappa shape index (κ3) is 2.27. The molecule has 1 fully saturated rings. The predicted molar refractivity (Wildman–Crippen MR) is 72.6 cm³/mol. The van der Waals surface area contributed by atoms with Crippen molar-refractivity contribution in [2.75, 3.05) is 0 Å². The van der Waals surface area contributed by atoms with Crippen LogP contribution < -0.4 is 0 Å². The van der Waals surface area contributed by atoms with Crippen molar-refractivity contribution in [1.29, 1.82) is 0 Å². The quantitative estimate of drug-likeness (QED) is 0.818. The summed E-state index contributed by atoms with van der Waals surface area (Å²) in [5.74, 6) is -0.971. The highest BCUT2D eigenvalue weighted by molar-refractivity contribution is 5.92. The normalized spacial score (nSPS) is 23.6. The standard InChI is InChI=1S/C14H17N3O3/c18-13-5-3-1-2-4-11(13)17-12-8-9(14(19)20)6-7-10(12)15-16-17/h6-8,11,13,18H,1-5H2,(H,19,20). The van der Waals surface area contributed by atoms with Gasteiger partial charge >= 0.3 is 5.97 Å². The fourth-order valence-electron chi connectivity index (χ4n) is 2.87. The molecule has 1 aromatic carbocycles. The van der Waals surface area contributed by atoms with Gasteiger partial charge in [-0.05, 0) is 31.0 Å². The summed E-state index contributed by atoms with van der Waals surface area (Å²) in [6, 6.07) is 4.64. The van der Waals surface area contributed by atoms with E-state index in [1.54, 1.807) is 16.8 Å². The Bertz CT molecular complexity index is 638. The number of fused-ring (bicyclic) bond motifs is 1. The topological polar surface area (TPSA) is 88.2 Å². The molecule has 20 heavy (non-hydrogen) atoms. The van der Waals surface area contributed by atoms with E-state index in [1.165, 1.54) is 6.07 Å². The highest BCUT2D eigenvalue weighted by atomic mass is 16.4. The maximum atomic E-state index is 11.1. The fraction of sp³-hybridized carbons (Fsp3) is 0.500. The molecule has 6 heteroatoms. The van der Waals surface area contributed by atoms with Gasteiger partial charge < -0.3 is 10.2 Å². The van der Waals surface area contributed by atoms with E-state index in [4.69, 9.17) is 5.11 Å². The van der Waals surface area contributed by atoms with Crippen LogP contribution in [0, 0.1) is 0 Å². The van der Waals surface area contributed by atoms with E-state index in [2.05, 4.69) is 10.3 Å². The number of aliphatic hydroxyl groups excluding tert-OH is 1. The summed E-state index contributed by atoms with van der Waals surface area (Å²) in [6.45, 7) is 0. The SMILES string of the molecule is O=C(O)c1ccc2nnn(C3CCCCCC3O)c2c1.